The van der Waals surface area contributed by atoms with E-state index in [-0.39, 0.29) is 36.0 Å². The molecule has 1 aromatic carbocycles. The molecular formula is C29H34N6O4. The van der Waals surface area contributed by atoms with Crippen molar-refractivity contribution in [3.05, 3.63) is 77.7 Å². The van der Waals surface area contributed by atoms with Crippen molar-refractivity contribution in [1.82, 2.24) is 15.3 Å². The number of rotatable bonds is 11. The number of hydrogen-bond acceptors (Lipinski definition) is 7. The first kappa shape index (κ1) is 27.7. The van der Waals surface area contributed by atoms with Gasteiger partial charge >= 0.3 is 0 Å². The summed E-state index contributed by atoms with van der Waals surface area (Å²) in [5, 5.41) is 8.91. The standard InChI is InChI=1S/C29H34N6O4/c1-29(2)19-35(26(37)9-8-25(36)31-15-16-39-3)24-17-21(6-7-23(24)29)34-28(38)22-5-4-12-32-27(22)33-18-20-10-13-30-14-11-20/h4-7,10-14,17H,8-9,15-16,18-19H2,1-3H3,(H,31,36)(H,32,33)(H,34,38). The van der Waals surface area contributed by atoms with Crippen LogP contribution >= 0.6 is 0 Å². The van der Waals surface area contributed by atoms with Crippen LogP contribution in [-0.4, -0.2) is 54.5 Å². The maximum absolute atomic E-state index is 13.2. The van der Waals surface area contributed by atoms with Gasteiger partial charge in [-0.15, -0.1) is 0 Å². The summed E-state index contributed by atoms with van der Waals surface area (Å²) in [5.41, 5.74) is 3.47. The zero-order chi connectivity index (χ0) is 27.8. The molecule has 10 nitrogen and oxygen atoms in total. The van der Waals surface area contributed by atoms with E-state index in [4.69, 9.17) is 4.74 Å². The zero-order valence-electron chi connectivity index (χ0n) is 22.5. The van der Waals surface area contributed by atoms with Gasteiger partial charge in [-0.1, -0.05) is 19.9 Å². The van der Waals surface area contributed by atoms with E-state index in [1.165, 1.54) is 0 Å². The van der Waals surface area contributed by atoms with Crippen LogP contribution in [0.2, 0.25) is 0 Å². The van der Waals surface area contributed by atoms with Gasteiger partial charge in [-0.05, 0) is 47.5 Å². The van der Waals surface area contributed by atoms with E-state index in [0.717, 1.165) is 16.8 Å². The molecule has 0 aliphatic carbocycles. The molecule has 0 saturated carbocycles. The molecule has 3 amide bonds. The van der Waals surface area contributed by atoms with E-state index in [0.29, 0.717) is 43.3 Å². The number of carbonyl (C=O) groups excluding carboxylic acids is 3. The van der Waals surface area contributed by atoms with Gasteiger partial charge in [0.15, 0.2) is 0 Å². The Hall–Kier alpha value is -4.31. The highest BCUT2D eigenvalue weighted by molar-refractivity contribution is 6.08. The third-order valence-corrected chi connectivity index (χ3v) is 6.59. The number of nitrogens with zero attached hydrogens (tertiary/aromatic N) is 3. The van der Waals surface area contributed by atoms with Crippen LogP contribution in [0, 0.1) is 0 Å². The fraction of sp³-hybridized carbons (Fsp3) is 0.345. The fourth-order valence-electron chi connectivity index (χ4n) is 4.54. The van der Waals surface area contributed by atoms with Crippen LogP contribution in [0.15, 0.2) is 61.1 Å². The van der Waals surface area contributed by atoms with Crippen LogP contribution < -0.4 is 20.9 Å². The molecule has 0 saturated heterocycles. The molecule has 204 valence electrons. The van der Waals surface area contributed by atoms with Crippen LogP contribution in [-0.2, 0) is 26.3 Å². The number of ether oxygens (including phenoxy) is 1. The van der Waals surface area contributed by atoms with Crippen molar-refractivity contribution in [3.8, 4) is 0 Å². The molecular weight excluding hydrogens is 496 g/mol. The van der Waals surface area contributed by atoms with E-state index in [1.54, 1.807) is 42.7 Å². The summed E-state index contributed by atoms with van der Waals surface area (Å²) in [6.07, 6.45) is 5.24. The van der Waals surface area contributed by atoms with E-state index in [9.17, 15) is 14.4 Å². The predicted octanol–water partition coefficient (Wildman–Crippen LogP) is 3.51. The Kier molecular flexibility index (Phi) is 8.88. The number of methoxy groups -OCH3 is 1. The maximum Gasteiger partial charge on any atom is 0.259 e. The van der Waals surface area contributed by atoms with Crippen molar-refractivity contribution in [1.29, 1.82) is 0 Å². The molecule has 3 heterocycles. The summed E-state index contributed by atoms with van der Waals surface area (Å²) in [7, 11) is 1.57. The molecule has 0 unspecified atom stereocenters. The lowest BCUT2D eigenvalue weighted by Crippen LogP contribution is -2.35. The van der Waals surface area contributed by atoms with E-state index in [1.807, 2.05) is 30.3 Å². The lowest BCUT2D eigenvalue weighted by atomic mass is 9.87. The first-order chi connectivity index (χ1) is 18.8. The largest absolute Gasteiger partial charge is 0.383 e. The van der Waals surface area contributed by atoms with Crippen LogP contribution in [0.5, 0.6) is 0 Å². The van der Waals surface area contributed by atoms with Crippen molar-refractivity contribution >= 4 is 34.9 Å². The average Bonchev–Trinajstić information content (AvgIpc) is 3.21. The minimum atomic E-state index is -0.317. The number of pyridine rings is 2. The van der Waals surface area contributed by atoms with Crippen LogP contribution in [0.4, 0.5) is 17.2 Å². The van der Waals surface area contributed by atoms with Gasteiger partial charge in [-0.2, -0.15) is 0 Å². The third-order valence-electron chi connectivity index (χ3n) is 6.59. The molecule has 39 heavy (non-hydrogen) atoms. The molecule has 3 N–H and O–H groups in total. The number of carbonyl (C=O) groups is 3. The first-order valence-corrected chi connectivity index (χ1v) is 12.9. The SMILES string of the molecule is COCCNC(=O)CCC(=O)N1CC(C)(C)c2ccc(NC(=O)c3cccnc3NCc3ccncc3)cc21. The van der Waals surface area contributed by atoms with Crippen molar-refractivity contribution in [2.45, 2.75) is 38.6 Å². The van der Waals surface area contributed by atoms with E-state index in [2.05, 4.69) is 39.8 Å². The molecule has 1 aliphatic rings. The molecule has 0 spiro atoms. The number of hydrogen-bond donors (Lipinski definition) is 3. The van der Waals surface area contributed by atoms with Gasteiger partial charge < -0.3 is 25.6 Å². The molecule has 4 rings (SSSR count). The molecule has 0 bridgehead atoms. The number of fused-ring (bicyclic) bond motifs is 1. The maximum atomic E-state index is 13.2. The minimum Gasteiger partial charge on any atom is -0.383 e. The lowest BCUT2D eigenvalue weighted by molar-refractivity contribution is -0.125. The summed E-state index contributed by atoms with van der Waals surface area (Å²) in [5.74, 6) is -0.176. The first-order valence-electron chi connectivity index (χ1n) is 12.9. The van der Waals surface area contributed by atoms with Crippen LogP contribution in [0.3, 0.4) is 0 Å². The number of nitrogens with one attached hydrogen (secondary N) is 3. The topological polar surface area (TPSA) is 126 Å². The Morgan fingerprint density at radius 2 is 1.85 bits per heavy atom. The number of benzene rings is 1. The summed E-state index contributed by atoms with van der Waals surface area (Å²) in [4.78, 5) is 48.5. The number of anilines is 3. The fourth-order valence-corrected chi connectivity index (χ4v) is 4.54. The second-order valence-corrected chi connectivity index (χ2v) is 10.0. The summed E-state index contributed by atoms with van der Waals surface area (Å²) < 4.78 is 4.94. The predicted molar refractivity (Wildman–Crippen MR) is 150 cm³/mol. The molecule has 3 aromatic rings. The normalized spacial score (nSPS) is 13.5. The molecule has 1 aliphatic heterocycles. The monoisotopic (exact) mass is 530 g/mol. The third kappa shape index (κ3) is 6.97. The second kappa shape index (κ2) is 12.5. The minimum absolute atomic E-state index is 0.0904. The van der Waals surface area contributed by atoms with Gasteiger partial charge in [-0.3, -0.25) is 19.4 Å². The Morgan fingerprint density at radius 1 is 1.05 bits per heavy atom. The van der Waals surface area contributed by atoms with Crippen LogP contribution in [0.1, 0.15) is 48.2 Å². The van der Waals surface area contributed by atoms with Crippen molar-refractivity contribution in [3.63, 3.8) is 0 Å². The molecule has 2 aromatic heterocycles. The highest BCUT2D eigenvalue weighted by Crippen LogP contribution is 2.42. The molecule has 0 fully saturated rings. The Morgan fingerprint density at radius 3 is 2.62 bits per heavy atom. The Bertz CT molecular complexity index is 1330. The molecule has 0 atom stereocenters. The summed E-state index contributed by atoms with van der Waals surface area (Å²) in [6, 6.07) is 12.8. The highest BCUT2D eigenvalue weighted by Gasteiger charge is 2.38. The molecule has 10 heteroatoms. The van der Waals surface area contributed by atoms with Crippen molar-refractivity contribution in [2.75, 3.05) is 42.3 Å². The highest BCUT2D eigenvalue weighted by atomic mass is 16.5. The van der Waals surface area contributed by atoms with Gasteiger partial charge in [0.25, 0.3) is 5.91 Å². The quantitative estimate of drug-likeness (QED) is 0.324. The lowest BCUT2D eigenvalue weighted by Gasteiger charge is -2.20. The van der Waals surface area contributed by atoms with Gasteiger partial charge in [0.05, 0.1) is 12.2 Å². The summed E-state index contributed by atoms with van der Waals surface area (Å²) >= 11 is 0. The van der Waals surface area contributed by atoms with Crippen LogP contribution in [0.25, 0.3) is 0 Å². The Labute approximate surface area is 228 Å². The van der Waals surface area contributed by atoms with Crippen molar-refractivity contribution in [2.24, 2.45) is 0 Å². The van der Waals surface area contributed by atoms with Gasteiger partial charge in [0.2, 0.25) is 11.8 Å². The van der Waals surface area contributed by atoms with E-state index >= 15 is 0 Å². The average molecular weight is 531 g/mol. The zero-order valence-corrected chi connectivity index (χ0v) is 22.5. The Balaban J connectivity index is 1.45. The van der Waals surface area contributed by atoms with Gasteiger partial charge in [0, 0.05) is 75.0 Å². The van der Waals surface area contributed by atoms with Crippen molar-refractivity contribution < 1.29 is 19.1 Å². The van der Waals surface area contributed by atoms with Gasteiger partial charge in [0.1, 0.15) is 5.82 Å². The number of amides is 3. The van der Waals surface area contributed by atoms with E-state index < -0.39 is 0 Å². The number of aromatic nitrogens is 2. The summed E-state index contributed by atoms with van der Waals surface area (Å²) in [6.45, 7) is 5.97. The van der Waals surface area contributed by atoms with Gasteiger partial charge in [-0.25, -0.2) is 4.98 Å². The smallest absolute Gasteiger partial charge is 0.259 e. The molecule has 0 radical (unpaired) electrons. The second-order valence-electron chi connectivity index (χ2n) is 10.0.